The van der Waals surface area contributed by atoms with Gasteiger partial charge in [0.15, 0.2) is 0 Å². The monoisotopic (exact) mass is 409 g/mol. The number of aromatic nitrogens is 2. The Morgan fingerprint density at radius 2 is 1.83 bits per heavy atom. The van der Waals surface area contributed by atoms with E-state index in [1.165, 1.54) is 0 Å². The molecule has 1 fully saturated rings. The minimum atomic E-state index is -4.57. The van der Waals surface area contributed by atoms with Gasteiger partial charge >= 0.3 is 6.18 Å². The summed E-state index contributed by atoms with van der Waals surface area (Å²) in [6, 6.07) is 7.11. The van der Waals surface area contributed by atoms with Gasteiger partial charge in [-0.3, -0.25) is 0 Å². The number of benzene rings is 1. The zero-order chi connectivity index (χ0) is 20.9. The molecule has 1 aliphatic carbocycles. The van der Waals surface area contributed by atoms with Crippen molar-refractivity contribution in [3.8, 4) is 11.6 Å². The lowest BCUT2D eigenvalue weighted by atomic mass is 9.98. The smallest absolute Gasteiger partial charge is 0.423 e. The summed E-state index contributed by atoms with van der Waals surface area (Å²) in [4.78, 5) is 7.84. The maximum absolute atomic E-state index is 13.3. The van der Waals surface area contributed by atoms with Crippen LogP contribution in [0.15, 0.2) is 30.5 Å². The summed E-state index contributed by atoms with van der Waals surface area (Å²) in [6.45, 7) is 4.02. The number of nitrogens with zero attached hydrogens (tertiary/aromatic N) is 2. The first-order valence-electron chi connectivity index (χ1n) is 9.99. The van der Waals surface area contributed by atoms with Crippen LogP contribution in [0.4, 0.5) is 24.8 Å². The van der Waals surface area contributed by atoms with Crippen molar-refractivity contribution in [2.24, 2.45) is 0 Å². The first kappa shape index (κ1) is 21.2. The minimum Gasteiger partial charge on any atom is -0.491 e. The van der Waals surface area contributed by atoms with Crippen LogP contribution in [0.3, 0.4) is 0 Å². The van der Waals surface area contributed by atoms with Crippen molar-refractivity contribution in [2.45, 2.75) is 70.8 Å². The molecule has 1 aromatic heterocycles. The van der Waals surface area contributed by atoms with Crippen molar-refractivity contribution in [2.75, 3.05) is 5.32 Å². The fourth-order valence-electron chi connectivity index (χ4n) is 3.11. The minimum absolute atomic E-state index is 0.0550. The van der Waals surface area contributed by atoms with Crippen LogP contribution in [0.25, 0.3) is 0 Å². The molecule has 158 valence electrons. The summed E-state index contributed by atoms with van der Waals surface area (Å²) in [7, 11) is 0. The van der Waals surface area contributed by atoms with Crippen LogP contribution >= 0.6 is 0 Å². The molecule has 0 bridgehead atoms. The molecule has 1 unspecified atom stereocenters. The SMILES string of the molecule is CCC(C)Oc1ccc(Nc2ncc(C(F)(F)F)c(OC3CCCCC3)n2)cc1. The van der Waals surface area contributed by atoms with E-state index in [-0.39, 0.29) is 18.2 Å². The van der Waals surface area contributed by atoms with E-state index in [1.807, 2.05) is 13.8 Å². The number of ether oxygens (including phenoxy) is 2. The zero-order valence-electron chi connectivity index (χ0n) is 16.6. The number of rotatable bonds is 7. The number of nitrogens with one attached hydrogen (secondary N) is 1. The first-order valence-corrected chi connectivity index (χ1v) is 9.99. The van der Waals surface area contributed by atoms with Crippen LogP contribution in [0.5, 0.6) is 11.6 Å². The molecule has 1 heterocycles. The van der Waals surface area contributed by atoms with Gasteiger partial charge in [0.1, 0.15) is 17.4 Å². The Kier molecular flexibility index (Phi) is 6.82. The average molecular weight is 409 g/mol. The van der Waals surface area contributed by atoms with E-state index in [2.05, 4.69) is 15.3 Å². The number of alkyl halides is 3. The summed E-state index contributed by atoms with van der Waals surface area (Å²) in [5, 5.41) is 2.93. The molecular weight excluding hydrogens is 383 g/mol. The van der Waals surface area contributed by atoms with Crippen LogP contribution in [0, 0.1) is 0 Å². The highest BCUT2D eigenvalue weighted by molar-refractivity contribution is 5.55. The molecular formula is C21H26F3N3O2. The molecule has 1 aliphatic rings. The molecule has 1 atom stereocenters. The van der Waals surface area contributed by atoms with E-state index in [4.69, 9.17) is 9.47 Å². The Bertz CT molecular complexity index is 791. The molecule has 29 heavy (non-hydrogen) atoms. The molecule has 2 aromatic rings. The van der Waals surface area contributed by atoms with E-state index < -0.39 is 17.6 Å². The van der Waals surface area contributed by atoms with Crippen molar-refractivity contribution in [3.63, 3.8) is 0 Å². The quantitative estimate of drug-likeness (QED) is 0.596. The van der Waals surface area contributed by atoms with E-state index in [0.29, 0.717) is 5.69 Å². The maximum Gasteiger partial charge on any atom is 0.423 e. The molecule has 3 rings (SSSR count). The third-order valence-corrected chi connectivity index (χ3v) is 4.91. The summed E-state index contributed by atoms with van der Waals surface area (Å²) in [6.07, 6.45) is 1.41. The molecule has 1 saturated carbocycles. The predicted octanol–water partition coefficient (Wildman–Crippen LogP) is 6.13. The Hall–Kier alpha value is -2.51. The molecule has 0 spiro atoms. The molecule has 0 radical (unpaired) electrons. The molecule has 0 aliphatic heterocycles. The third kappa shape index (κ3) is 5.98. The van der Waals surface area contributed by atoms with Gasteiger partial charge < -0.3 is 14.8 Å². The van der Waals surface area contributed by atoms with Crippen LogP contribution in [-0.2, 0) is 6.18 Å². The summed E-state index contributed by atoms with van der Waals surface area (Å²) in [5.41, 5.74) is -0.309. The summed E-state index contributed by atoms with van der Waals surface area (Å²) in [5.74, 6) is 0.359. The average Bonchev–Trinajstić information content (AvgIpc) is 2.69. The zero-order valence-corrected chi connectivity index (χ0v) is 16.6. The van der Waals surface area contributed by atoms with Crippen LogP contribution in [0.1, 0.15) is 57.9 Å². The maximum atomic E-state index is 13.3. The molecule has 1 N–H and O–H groups in total. The lowest BCUT2D eigenvalue weighted by molar-refractivity contribution is -0.140. The lowest BCUT2D eigenvalue weighted by Crippen LogP contribution is -2.22. The van der Waals surface area contributed by atoms with Gasteiger partial charge in [-0.25, -0.2) is 4.98 Å². The van der Waals surface area contributed by atoms with Crippen LogP contribution in [-0.4, -0.2) is 22.2 Å². The Morgan fingerprint density at radius 1 is 1.14 bits per heavy atom. The molecule has 0 amide bonds. The number of hydrogen-bond donors (Lipinski definition) is 1. The van der Waals surface area contributed by atoms with Crippen molar-refractivity contribution in [1.29, 1.82) is 0 Å². The topological polar surface area (TPSA) is 56.3 Å². The molecule has 5 nitrogen and oxygen atoms in total. The van der Waals surface area contributed by atoms with Gasteiger partial charge in [-0.1, -0.05) is 13.3 Å². The molecule has 0 saturated heterocycles. The van der Waals surface area contributed by atoms with Gasteiger partial charge in [0.25, 0.3) is 0 Å². The van der Waals surface area contributed by atoms with Gasteiger partial charge in [-0.05, 0) is 63.3 Å². The highest BCUT2D eigenvalue weighted by Gasteiger charge is 2.37. The Labute approximate surface area is 168 Å². The van der Waals surface area contributed by atoms with E-state index >= 15 is 0 Å². The van der Waals surface area contributed by atoms with Crippen molar-refractivity contribution >= 4 is 11.6 Å². The standard InChI is InChI=1S/C21H26F3N3O2/c1-3-14(2)28-17-11-9-15(10-12-17)26-20-25-13-18(21(22,23)24)19(27-20)29-16-7-5-4-6-8-16/h9-14,16H,3-8H2,1-2H3,(H,25,26,27). The fraction of sp³-hybridized carbons (Fsp3) is 0.524. The van der Waals surface area contributed by atoms with E-state index in [0.717, 1.165) is 50.5 Å². The second-order valence-corrected chi connectivity index (χ2v) is 7.27. The Morgan fingerprint density at radius 3 is 2.45 bits per heavy atom. The summed E-state index contributed by atoms with van der Waals surface area (Å²) < 4.78 is 51.4. The number of hydrogen-bond acceptors (Lipinski definition) is 5. The van der Waals surface area contributed by atoms with E-state index in [9.17, 15) is 13.2 Å². The van der Waals surface area contributed by atoms with Crippen molar-refractivity contribution in [3.05, 3.63) is 36.0 Å². The summed E-state index contributed by atoms with van der Waals surface area (Å²) >= 11 is 0. The van der Waals surface area contributed by atoms with Gasteiger partial charge in [0.2, 0.25) is 11.8 Å². The largest absolute Gasteiger partial charge is 0.491 e. The number of halogens is 3. The third-order valence-electron chi connectivity index (χ3n) is 4.91. The lowest BCUT2D eigenvalue weighted by Gasteiger charge is -2.24. The van der Waals surface area contributed by atoms with Crippen molar-refractivity contribution < 1.29 is 22.6 Å². The second kappa shape index (κ2) is 9.33. The van der Waals surface area contributed by atoms with Crippen LogP contribution < -0.4 is 14.8 Å². The van der Waals surface area contributed by atoms with Crippen molar-refractivity contribution in [1.82, 2.24) is 9.97 Å². The molecule has 1 aromatic carbocycles. The van der Waals surface area contributed by atoms with Gasteiger partial charge in [-0.15, -0.1) is 0 Å². The van der Waals surface area contributed by atoms with Gasteiger partial charge in [0.05, 0.1) is 6.10 Å². The normalized spacial score (nSPS) is 16.3. The van der Waals surface area contributed by atoms with Gasteiger partial charge in [0, 0.05) is 11.9 Å². The highest BCUT2D eigenvalue weighted by Crippen LogP contribution is 2.37. The second-order valence-electron chi connectivity index (χ2n) is 7.27. The number of anilines is 2. The Balaban J connectivity index is 1.76. The first-order chi connectivity index (χ1) is 13.8. The van der Waals surface area contributed by atoms with Gasteiger partial charge in [-0.2, -0.15) is 18.2 Å². The van der Waals surface area contributed by atoms with E-state index in [1.54, 1.807) is 24.3 Å². The predicted molar refractivity (Wildman–Crippen MR) is 105 cm³/mol. The molecule has 8 heteroatoms. The van der Waals surface area contributed by atoms with Crippen LogP contribution in [0.2, 0.25) is 0 Å². The highest BCUT2D eigenvalue weighted by atomic mass is 19.4. The fourth-order valence-corrected chi connectivity index (χ4v) is 3.11.